The van der Waals surface area contributed by atoms with Gasteiger partial charge in [0.2, 0.25) is 0 Å². The van der Waals surface area contributed by atoms with E-state index in [4.69, 9.17) is 12.2 Å². The fourth-order valence-electron chi connectivity index (χ4n) is 3.31. The molecule has 1 aliphatic heterocycles. The highest BCUT2D eigenvalue weighted by molar-refractivity contribution is 7.80. The van der Waals surface area contributed by atoms with Crippen LogP contribution in [0.2, 0.25) is 0 Å². The number of anilines is 1. The van der Waals surface area contributed by atoms with E-state index in [-0.39, 0.29) is 16.4 Å². The van der Waals surface area contributed by atoms with Crippen LogP contribution in [0, 0.1) is 0 Å². The molecule has 4 rings (SSSR count). The van der Waals surface area contributed by atoms with Gasteiger partial charge in [-0.15, -0.1) is 0 Å². The predicted molar refractivity (Wildman–Crippen MR) is 111 cm³/mol. The maximum Gasteiger partial charge on any atom is 0.416 e. The molecule has 5 nitrogen and oxygen atoms in total. The molecule has 2 amide bonds. The second-order valence-electron chi connectivity index (χ2n) is 6.69. The van der Waals surface area contributed by atoms with Crippen LogP contribution < -0.4 is 10.2 Å². The van der Waals surface area contributed by atoms with Crippen LogP contribution in [0.3, 0.4) is 0 Å². The monoisotopic (exact) mass is 429 g/mol. The van der Waals surface area contributed by atoms with E-state index in [1.54, 1.807) is 7.05 Å². The van der Waals surface area contributed by atoms with Crippen molar-refractivity contribution >= 4 is 51.8 Å². The Labute approximate surface area is 174 Å². The van der Waals surface area contributed by atoms with Crippen LogP contribution in [0.15, 0.2) is 60.2 Å². The first-order valence-corrected chi connectivity index (χ1v) is 9.21. The van der Waals surface area contributed by atoms with Gasteiger partial charge in [0.05, 0.1) is 11.3 Å². The van der Waals surface area contributed by atoms with Crippen molar-refractivity contribution < 1.29 is 22.8 Å². The zero-order chi connectivity index (χ0) is 21.6. The smallest absolute Gasteiger partial charge is 0.344 e. The van der Waals surface area contributed by atoms with Crippen LogP contribution in [0.25, 0.3) is 17.0 Å². The van der Waals surface area contributed by atoms with Crippen molar-refractivity contribution in [3.8, 4) is 0 Å². The number of hydrogen-bond acceptors (Lipinski definition) is 3. The third-order valence-corrected chi connectivity index (χ3v) is 5.10. The Morgan fingerprint density at radius 3 is 2.47 bits per heavy atom. The second-order valence-corrected chi connectivity index (χ2v) is 7.08. The molecular weight excluding hydrogens is 415 g/mol. The van der Waals surface area contributed by atoms with Crippen LogP contribution in [0.5, 0.6) is 0 Å². The first kappa shape index (κ1) is 19.8. The summed E-state index contributed by atoms with van der Waals surface area (Å²) >= 11 is 5.06. The standard InChI is InChI=1S/C21H14F3N3O2S/c1-26-15(9-12-5-2-3-8-17(12)26)11-16-18(28)25-20(30)27(19(16)29)14-7-4-6-13(10-14)21(22,23)24/h2-11H,1H3,(H,25,28,30)/b16-11+. The maximum absolute atomic E-state index is 13.1. The number of hydrogen-bond donors (Lipinski definition) is 1. The Morgan fingerprint density at radius 1 is 1.03 bits per heavy atom. The number of halogens is 3. The van der Waals surface area contributed by atoms with E-state index in [0.29, 0.717) is 5.69 Å². The van der Waals surface area contributed by atoms with Gasteiger partial charge in [0, 0.05) is 23.6 Å². The van der Waals surface area contributed by atoms with Crippen molar-refractivity contribution in [3.05, 3.63) is 71.4 Å². The zero-order valence-corrected chi connectivity index (χ0v) is 16.3. The molecule has 0 aliphatic carbocycles. The number of carbonyl (C=O) groups is 2. The summed E-state index contributed by atoms with van der Waals surface area (Å²) in [4.78, 5) is 26.4. The van der Waals surface area contributed by atoms with Gasteiger partial charge in [0.25, 0.3) is 11.8 Å². The summed E-state index contributed by atoms with van der Waals surface area (Å²) in [5.41, 5.74) is 0.256. The Morgan fingerprint density at radius 2 is 1.77 bits per heavy atom. The molecule has 3 aromatic rings. The van der Waals surface area contributed by atoms with Gasteiger partial charge in [-0.05, 0) is 48.6 Å². The highest BCUT2D eigenvalue weighted by Crippen LogP contribution is 2.32. The highest BCUT2D eigenvalue weighted by Gasteiger charge is 2.36. The second kappa shape index (κ2) is 7.10. The Hall–Kier alpha value is -3.46. The third kappa shape index (κ3) is 3.37. The van der Waals surface area contributed by atoms with Crippen molar-refractivity contribution in [2.75, 3.05) is 4.90 Å². The maximum atomic E-state index is 13.1. The van der Waals surface area contributed by atoms with Gasteiger partial charge in [-0.25, -0.2) is 0 Å². The van der Waals surface area contributed by atoms with E-state index in [2.05, 4.69) is 5.32 Å². The first-order chi connectivity index (χ1) is 14.2. The van der Waals surface area contributed by atoms with Gasteiger partial charge in [-0.2, -0.15) is 13.2 Å². The van der Waals surface area contributed by atoms with E-state index in [1.165, 1.54) is 18.2 Å². The summed E-state index contributed by atoms with van der Waals surface area (Å²) in [5, 5.41) is 3.02. The highest BCUT2D eigenvalue weighted by atomic mass is 32.1. The number of thiocarbonyl (C=S) groups is 1. The lowest BCUT2D eigenvalue weighted by Crippen LogP contribution is -2.54. The van der Waals surface area contributed by atoms with Crippen molar-refractivity contribution in [2.24, 2.45) is 7.05 Å². The summed E-state index contributed by atoms with van der Waals surface area (Å²) < 4.78 is 41.1. The van der Waals surface area contributed by atoms with Crippen molar-refractivity contribution in [3.63, 3.8) is 0 Å². The van der Waals surface area contributed by atoms with Crippen LogP contribution in [0.4, 0.5) is 18.9 Å². The molecule has 1 fully saturated rings. The molecule has 0 spiro atoms. The number of carbonyl (C=O) groups excluding carboxylic acids is 2. The minimum absolute atomic E-state index is 0.0808. The zero-order valence-electron chi connectivity index (χ0n) is 15.5. The number of aromatic nitrogens is 1. The summed E-state index contributed by atoms with van der Waals surface area (Å²) in [6.07, 6.45) is -3.18. The molecule has 2 aromatic carbocycles. The molecule has 0 saturated carbocycles. The topological polar surface area (TPSA) is 54.3 Å². The third-order valence-electron chi connectivity index (χ3n) is 4.81. The van der Waals surface area contributed by atoms with E-state index in [0.717, 1.165) is 27.9 Å². The lowest BCUT2D eigenvalue weighted by Gasteiger charge is -2.29. The molecule has 1 N–H and O–H groups in total. The van der Waals surface area contributed by atoms with Crippen molar-refractivity contribution in [1.82, 2.24) is 9.88 Å². The SMILES string of the molecule is Cn1c(/C=C2\C(=O)NC(=S)N(c3cccc(C(F)(F)F)c3)C2=O)cc2ccccc21. The molecule has 0 atom stereocenters. The number of amides is 2. The quantitative estimate of drug-likeness (QED) is 0.380. The molecule has 0 unspecified atom stereocenters. The van der Waals surface area contributed by atoms with Crippen LogP contribution in [-0.2, 0) is 22.8 Å². The average Bonchev–Trinajstić information content (AvgIpc) is 3.00. The fraction of sp³-hybridized carbons (Fsp3) is 0.0952. The van der Waals surface area contributed by atoms with Crippen molar-refractivity contribution in [2.45, 2.75) is 6.18 Å². The van der Waals surface area contributed by atoms with Crippen molar-refractivity contribution in [1.29, 1.82) is 0 Å². The summed E-state index contributed by atoms with van der Waals surface area (Å²) in [6.45, 7) is 0. The van der Waals surface area contributed by atoms with E-state index in [9.17, 15) is 22.8 Å². The predicted octanol–water partition coefficient (Wildman–Crippen LogP) is 4.03. The molecule has 1 aliphatic rings. The largest absolute Gasteiger partial charge is 0.416 e. The number of rotatable bonds is 2. The Balaban J connectivity index is 1.78. The average molecular weight is 429 g/mol. The number of benzene rings is 2. The molecule has 9 heteroatoms. The van der Waals surface area contributed by atoms with Gasteiger partial charge >= 0.3 is 6.18 Å². The molecular formula is C21H14F3N3O2S. The molecule has 1 saturated heterocycles. The Kier molecular flexibility index (Phi) is 4.70. The normalized spacial score (nSPS) is 16.5. The lowest BCUT2D eigenvalue weighted by atomic mass is 10.1. The van der Waals surface area contributed by atoms with Crippen LogP contribution in [0.1, 0.15) is 11.3 Å². The van der Waals surface area contributed by atoms with E-state index in [1.807, 2.05) is 34.9 Å². The minimum Gasteiger partial charge on any atom is -0.344 e. The molecule has 0 radical (unpaired) electrons. The molecule has 152 valence electrons. The number of fused-ring (bicyclic) bond motifs is 1. The number of aryl methyl sites for hydroxylation is 1. The number of para-hydroxylation sites is 1. The van der Waals surface area contributed by atoms with Gasteiger partial charge in [-0.3, -0.25) is 19.8 Å². The summed E-state index contributed by atoms with van der Waals surface area (Å²) in [6, 6.07) is 13.5. The molecule has 1 aromatic heterocycles. The number of nitrogens with one attached hydrogen (secondary N) is 1. The van der Waals surface area contributed by atoms with Gasteiger partial charge in [-0.1, -0.05) is 24.3 Å². The van der Waals surface area contributed by atoms with Crippen LogP contribution in [-0.4, -0.2) is 21.5 Å². The molecule has 2 heterocycles. The number of nitrogens with zero attached hydrogens (tertiary/aromatic N) is 2. The molecule has 0 bridgehead atoms. The summed E-state index contributed by atoms with van der Waals surface area (Å²) in [7, 11) is 1.79. The van der Waals surface area contributed by atoms with Gasteiger partial charge in [0.1, 0.15) is 5.57 Å². The first-order valence-electron chi connectivity index (χ1n) is 8.80. The van der Waals surface area contributed by atoms with Gasteiger partial charge in [0.15, 0.2) is 5.11 Å². The number of alkyl halides is 3. The van der Waals surface area contributed by atoms with Crippen LogP contribution >= 0.6 is 12.2 Å². The van der Waals surface area contributed by atoms with E-state index >= 15 is 0 Å². The fourth-order valence-corrected chi connectivity index (χ4v) is 3.59. The Bertz CT molecular complexity index is 1240. The molecule has 30 heavy (non-hydrogen) atoms. The minimum atomic E-state index is -4.58. The summed E-state index contributed by atoms with van der Waals surface area (Å²) in [5.74, 6) is -1.51. The van der Waals surface area contributed by atoms with Gasteiger partial charge < -0.3 is 4.57 Å². The van der Waals surface area contributed by atoms with E-state index < -0.39 is 23.6 Å². The lowest BCUT2D eigenvalue weighted by molar-refractivity contribution is -0.137.